The Hall–Kier alpha value is -3.78. The van der Waals surface area contributed by atoms with E-state index < -0.39 is 0 Å². The van der Waals surface area contributed by atoms with Gasteiger partial charge in [0.1, 0.15) is 11.6 Å². The normalized spacial score (nSPS) is 13.4. The SMILES string of the molecule is COc1cc(N2CCOCC2)ccc1Nc1cc(Nc2ccccc2C(=O)N(C)C)ccn1. The third-order valence-electron chi connectivity index (χ3n) is 5.43. The molecule has 0 atom stereocenters. The number of benzene rings is 2. The molecule has 0 spiro atoms. The molecule has 8 nitrogen and oxygen atoms in total. The Balaban J connectivity index is 1.53. The van der Waals surface area contributed by atoms with Crippen molar-refractivity contribution in [3.05, 3.63) is 66.4 Å². The van der Waals surface area contributed by atoms with Crippen LogP contribution in [0.1, 0.15) is 10.4 Å². The Morgan fingerprint density at radius 1 is 1.03 bits per heavy atom. The van der Waals surface area contributed by atoms with Crippen molar-refractivity contribution < 1.29 is 14.3 Å². The first-order valence-corrected chi connectivity index (χ1v) is 10.9. The Morgan fingerprint density at radius 2 is 1.82 bits per heavy atom. The number of carbonyl (C=O) groups excluding carboxylic acids is 1. The fraction of sp³-hybridized carbons (Fsp3) is 0.280. The van der Waals surface area contributed by atoms with E-state index in [4.69, 9.17) is 9.47 Å². The first-order valence-electron chi connectivity index (χ1n) is 10.9. The smallest absolute Gasteiger partial charge is 0.255 e. The molecule has 0 saturated carbocycles. The van der Waals surface area contributed by atoms with Gasteiger partial charge in [0.05, 0.1) is 37.3 Å². The van der Waals surface area contributed by atoms with E-state index in [0.717, 1.165) is 54.8 Å². The number of ether oxygens (including phenoxy) is 2. The number of nitrogens with one attached hydrogen (secondary N) is 2. The monoisotopic (exact) mass is 447 g/mol. The van der Waals surface area contributed by atoms with Gasteiger partial charge in [0.2, 0.25) is 0 Å². The van der Waals surface area contributed by atoms with Crippen molar-refractivity contribution in [2.24, 2.45) is 0 Å². The molecule has 0 unspecified atom stereocenters. The van der Waals surface area contributed by atoms with Crippen molar-refractivity contribution in [1.82, 2.24) is 9.88 Å². The predicted octanol–water partition coefficient (Wildman–Crippen LogP) is 4.12. The molecule has 4 rings (SSSR count). The van der Waals surface area contributed by atoms with E-state index in [-0.39, 0.29) is 5.91 Å². The first kappa shape index (κ1) is 22.4. The van der Waals surface area contributed by atoms with Gasteiger partial charge in [-0.3, -0.25) is 4.79 Å². The number of methoxy groups -OCH3 is 1. The Labute approximate surface area is 194 Å². The highest BCUT2D eigenvalue weighted by molar-refractivity contribution is 6.00. The van der Waals surface area contributed by atoms with Crippen LogP contribution in [0.25, 0.3) is 0 Å². The van der Waals surface area contributed by atoms with Gasteiger partial charge >= 0.3 is 0 Å². The van der Waals surface area contributed by atoms with E-state index in [1.54, 1.807) is 32.3 Å². The lowest BCUT2D eigenvalue weighted by Gasteiger charge is -2.29. The molecule has 33 heavy (non-hydrogen) atoms. The van der Waals surface area contributed by atoms with Gasteiger partial charge in [0, 0.05) is 56.9 Å². The van der Waals surface area contributed by atoms with Gasteiger partial charge in [-0.15, -0.1) is 0 Å². The van der Waals surface area contributed by atoms with Gasteiger partial charge in [-0.25, -0.2) is 4.98 Å². The van der Waals surface area contributed by atoms with E-state index in [9.17, 15) is 4.79 Å². The van der Waals surface area contributed by atoms with Crippen LogP contribution in [0.2, 0.25) is 0 Å². The summed E-state index contributed by atoms with van der Waals surface area (Å²) in [7, 11) is 5.14. The third-order valence-corrected chi connectivity index (χ3v) is 5.43. The zero-order valence-electron chi connectivity index (χ0n) is 19.2. The number of pyridine rings is 1. The van der Waals surface area contributed by atoms with Crippen molar-refractivity contribution in [2.75, 3.05) is 63.0 Å². The summed E-state index contributed by atoms with van der Waals surface area (Å²) in [4.78, 5) is 20.8. The highest BCUT2D eigenvalue weighted by Crippen LogP contribution is 2.33. The van der Waals surface area contributed by atoms with Gasteiger partial charge < -0.3 is 29.9 Å². The molecule has 1 aromatic heterocycles. The predicted molar refractivity (Wildman–Crippen MR) is 131 cm³/mol. The van der Waals surface area contributed by atoms with Crippen molar-refractivity contribution in [3.8, 4) is 5.75 Å². The number of nitrogens with zero attached hydrogens (tertiary/aromatic N) is 3. The summed E-state index contributed by atoms with van der Waals surface area (Å²) in [6.45, 7) is 3.19. The molecule has 0 aliphatic carbocycles. The molecule has 1 amide bonds. The number of aromatic nitrogens is 1. The fourth-order valence-electron chi connectivity index (χ4n) is 3.69. The lowest BCUT2D eigenvalue weighted by Crippen LogP contribution is -2.36. The summed E-state index contributed by atoms with van der Waals surface area (Å²) >= 11 is 0. The largest absolute Gasteiger partial charge is 0.494 e. The lowest BCUT2D eigenvalue weighted by molar-refractivity contribution is 0.0828. The van der Waals surface area contributed by atoms with Crippen LogP contribution in [0.5, 0.6) is 5.75 Å². The molecule has 1 fully saturated rings. The zero-order chi connectivity index (χ0) is 23.2. The number of anilines is 5. The topological polar surface area (TPSA) is 79.0 Å². The van der Waals surface area contributed by atoms with Crippen LogP contribution in [0.3, 0.4) is 0 Å². The van der Waals surface area contributed by atoms with Crippen LogP contribution in [0.15, 0.2) is 60.8 Å². The Morgan fingerprint density at radius 3 is 2.58 bits per heavy atom. The summed E-state index contributed by atoms with van der Waals surface area (Å²) in [5.41, 5.74) is 4.08. The van der Waals surface area contributed by atoms with E-state index in [0.29, 0.717) is 11.4 Å². The van der Waals surface area contributed by atoms with Gasteiger partial charge in [0.25, 0.3) is 5.91 Å². The highest BCUT2D eigenvalue weighted by Gasteiger charge is 2.15. The molecule has 8 heteroatoms. The van der Waals surface area contributed by atoms with Crippen LogP contribution in [0, 0.1) is 0 Å². The Kier molecular flexibility index (Phi) is 6.95. The molecular formula is C25H29N5O3. The first-order chi connectivity index (χ1) is 16.0. The number of hydrogen-bond acceptors (Lipinski definition) is 7. The second kappa shape index (κ2) is 10.2. The third kappa shape index (κ3) is 5.35. The fourth-order valence-corrected chi connectivity index (χ4v) is 3.69. The molecule has 0 bridgehead atoms. The molecule has 1 aliphatic rings. The van der Waals surface area contributed by atoms with Crippen molar-refractivity contribution >= 4 is 34.5 Å². The standard InChI is InChI=1S/C25H29N5O3/c1-29(2)25(31)20-6-4-5-7-21(20)27-18-10-11-26-24(16-18)28-22-9-8-19(17-23(22)32-3)30-12-14-33-15-13-30/h4-11,16-17H,12-15H2,1-3H3,(H2,26,27,28). The van der Waals surface area contributed by atoms with Crippen molar-refractivity contribution in [3.63, 3.8) is 0 Å². The van der Waals surface area contributed by atoms with Crippen LogP contribution in [-0.4, -0.2) is 63.3 Å². The van der Waals surface area contributed by atoms with Crippen molar-refractivity contribution in [1.29, 1.82) is 0 Å². The summed E-state index contributed by atoms with van der Waals surface area (Å²) in [6.07, 6.45) is 1.72. The number of rotatable bonds is 7. The quantitative estimate of drug-likeness (QED) is 0.564. The highest BCUT2D eigenvalue weighted by atomic mass is 16.5. The molecule has 2 heterocycles. The zero-order valence-corrected chi connectivity index (χ0v) is 19.2. The number of para-hydroxylation sites is 1. The van der Waals surface area contributed by atoms with Crippen LogP contribution >= 0.6 is 0 Å². The average molecular weight is 448 g/mol. The van der Waals surface area contributed by atoms with Crippen LogP contribution in [0.4, 0.5) is 28.6 Å². The summed E-state index contributed by atoms with van der Waals surface area (Å²) in [5.74, 6) is 1.34. The van der Waals surface area contributed by atoms with E-state index >= 15 is 0 Å². The maximum Gasteiger partial charge on any atom is 0.255 e. The minimum atomic E-state index is -0.0596. The van der Waals surface area contributed by atoms with Gasteiger partial charge in [-0.1, -0.05) is 12.1 Å². The second-order valence-electron chi connectivity index (χ2n) is 7.91. The minimum absolute atomic E-state index is 0.0596. The maximum absolute atomic E-state index is 12.5. The summed E-state index contributed by atoms with van der Waals surface area (Å²) < 4.78 is 11.1. The van der Waals surface area contributed by atoms with Gasteiger partial charge in [-0.05, 0) is 30.3 Å². The number of carbonyl (C=O) groups is 1. The summed E-state index contributed by atoms with van der Waals surface area (Å²) in [5, 5.41) is 6.68. The molecule has 1 saturated heterocycles. The minimum Gasteiger partial charge on any atom is -0.494 e. The molecular weight excluding hydrogens is 418 g/mol. The average Bonchev–Trinajstić information content (AvgIpc) is 2.85. The van der Waals surface area contributed by atoms with E-state index in [2.05, 4.69) is 26.6 Å². The molecule has 0 radical (unpaired) electrons. The Bertz CT molecular complexity index is 1110. The van der Waals surface area contributed by atoms with E-state index in [1.165, 1.54) is 0 Å². The van der Waals surface area contributed by atoms with Gasteiger partial charge in [0.15, 0.2) is 0 Å². The lowest BCUT2D eigenvalue weighted by atomic mass is 10.1. The van der Waals surface area contributed by atoms with Gasteiger partial charge in [-0.2, -0.15) is 0 Å². The number of amides is 1. The molecule has 172 valence electrons. The van der Waals surface area contributed by atoms with Crippen LogP contribution < -0.4 is 20.3 Å². The molecule has 2 aromatic carbocycles. The number of hydrogen-bond donors (Lipinski definition) is 2. The summed E-state index contributed by atoms with van der Waals surface area (Å²) in [6, 6.07) is 17.3. The van der Waals surface area contributed by atoms with Crippen molar-refractivity contribution in [2.45, 2.75) is 0 Å². The van der Waals surface area contributed by atoms with Crippen LogP contribution in [-0.2, 0) is 4.74 Å². The van der Waals surface area contributed by atoms with E-state index in [1.807, 2.05) is 48.5 Å². The maximum atomic E-state index is 12.5. The molecule has 3 aromatic rings. The second-order valence-corrected chi connectivity index (χ2v) is 7.91. The number of morpholine rings is 1. The molecule has 2 N–H and O–H groups in total. The molecule has 1 aliphatic heterocycles.